The molecule has 1 atom stereocenters. The molecule has 122 valence electrons. The van der Waals surface area contributed by atoms with E-state index in [1.165, 1.54) is 12.1 Å². The highest BCUT2D eigenvalue weighted by Gasteiger charge is 2.18. The van der Waals surface area contributed by atoms with E-state index >= 15 is 0 Å². The Balaban J connectivity index is 2.30. The fourth-order valence-electron chi connectivity index (χ4n) is 2.08. The molecular weight excluding hydrogens is 316 g/mol. The van der Waals surface area contributed by atoms with Crippen LogP contribution in [-0.4, -0.2) is 25.5 Å². The lowest BCUT2D eigenvalue weighted by molar-refractivity contribution is -0.138. The second kappa shape index (κ2) is 6.80. The van der Waals surface area contributed by atoms with Crippen molar-refractivity contribution >= 4 is 21.7 Å². The van der Waals surface area contributed by atoms with Crippen LogP contribution >= 0.6 is 0 Å². The highest BCUT2D eigenvalue weighted by molar-refractivity contribution is 7.92. The van der Waals surface area contributed by atoms with E-state index in [2.05, 4.69) is 4.72 Å². The lowest BCUT2D eigenvalue weighted by Crippen LogP contribution is -2.32. The molecule has 0 radical (unpaired) electrons. The van der Waals surface area contributed by atoms with Gasteiger partial charge in [0.15, 0.2) is 0 Å². The zero-order valence-electron chi connectivity index (χ0n) is 12.6. The number of sulfonamides is 1. The summed E-state index contributed by atoms with van der Waals surface area (Å²) < 4.78 is 27.3. The van der Waals surface area contributed by atoms with Crippen molar-refractivity contribution in [2.24, 2.45) is 5.73 Å². The predicted molar refractivity (Wildman–Crippen MR) is 87.7 cm³/mol. The summed E-state index contributed by atoms with van der Waals surface area (Å²) in [5.41, 5.74) is 7.38. The van der Waals surface area contributed by atoms with E-state index in [1.54, 1.807) is 43.3 Å². The Bertz CT molecular complexity index is 804. The lowest BCUT2D eigenvalue weighted by Gasteiger charge is -2.13. The molecule has 0 aliphatic carbocycles. The van der Waals surface area contributed by atoms with E-state index in [4.69, 9.17) is 10.8 Å². The van der Waals surface area contributed by atoms with Crippen molar-refractivity contribution in [3.63, 3.8) is 0 Å². The van der Waals surface area contributed by atoms with Gasteiger partial charge in [0.2, 0.25) is 0 Å². The third kappa shape index (κ3) is 4.30. The Labute approximate surface area is 135 Å². The summed E-state index contributed by atoms with van der Waals surface area (Å²) in [6.45, 7) is 1.78. The average Bonchev–Trinajstić information content (AvgIpc) is 2.49. The minimum atomic E-state index is -3.75. The van der Waals surface area contributed by atoms with Crippen molar-refractivity contribution in [1.29, 1.82) is 0 Å². The number of nitrogens with one attached hydrogen (secondary N) is 1. The molecule has 2 rings (SSSR count). The number of benzene rings is 2. The summed E-state index contributed by atoms with van der Waals surface area (Å²) >= 11 is 0. The van der Waals surface area contributed by atoms with Crippen LogP contribution in [0.2, 0.25) is 0 Å². The molecule has 2 aromatic rings. The Hall–Kier alpha value is -2.38. The molecule has 6 nitrogen and oxygen atoms in total. The first-order chi connectivity index (χ1) is 10.8. The maximum Gasteiger partial charge on any atom is 0.320 e. The van der Waals surface area contributed by atoms with Crippen LogP contribution in [0.15, 0.2) is 53.4 Å². The number of hydrogen-bond donors (Lipinski definition) is 3. The molecule has 0 saturated carbocycles. The Morgan fingerprint density at radius 1 is 1.22 bits per heavy atom. The summed E-state index contributed by atoms with van der Waals surface area (Å²) in [5, 5.41) is 8.90. The molecule has 0 unspecified atom stereocenters. The van der Waals surface area contributed by atoms with Crippen molar-refractivity contribution in [2.75, 3.05) is 4.72 Å². The highest BCUT2D eigenvalue weighted by Crippen LogP contribution is 2.20. The van der Waals surface area contributed by atoms with Gasteiger partial charge in [-0.05, 0) is 48.7 Å². The minimum Gasteiger partial charge on any atom is -0.480 e. The molecule has 23 heavy (non-hydrogen) atoms. The van der Waals surface area contributed by atoms with Crippen LogP contribution in [0.3, 0.4) is 0 Å². The second-order valence-corrected chi connectivity index (χ2v) is 6.89. The average molecular weight is 334 g/mol. The van der Waals surface area contributed by atoms with Crippen molar-refractivity contribution in [3.05, 3.63) is 59.7 Å². The molecule has 0 bridgehead atoms. The zero-order chi connectivity index (χ0) is 17.0. The van der Waals surface area contributed by atoms with Gasteiger partial charge in [-0.2, -0.15) is 0 Å². The van der Waals surface area contributed by atoms with Gasteiger partial charge in [0.05, 0.1) is 4.90 Å². The van der Waals surface area contributed by atoms with E-state index in [0.29, 0.717) is 11.3 Å². The van der Waals surface area contributed by atoms with E-state index < -0.39 is 22.0 Å². The van der Waals surface area contributed by atoms with E-state index in [1.807, 2.05) is 0 Å². The van der Waals surface area contributed by atoms with Crippen LogP contribution in [0.25, 0.3) is 0 Å². The molecule has 0 aliphatic heterocycles. The fourth-order valence-corrected chi connectivity index (χ4v) is 3.19. The van der Waals surface area contributed by atoms with E-state index in [-0.39, 0.29) is 11.3 Å². The Kier molecular flexibility index (Phi) is 5.02. The number of anilines is 1. The number of carboxylic acid groups (broad SMARTS) is 1. The molecule has 0 heterocycles. The molecule has 0 aliphatic rings. The number of carbonyl (C=O) groups is 1. The molecule has 0 saturated heterocycles. The van der Waals surface area contributed by atoms with Gasteiger partial charge in [0, 0.05) is 5.69 Å². The minimum absolute atomic E-state index is 0.0653. The topological polar surface area (TPSA) is 109 Å². The predicted octanol–water partition coefficient (Wildman–Crippen LogP) is 1.75. The fraction of sp³-hybridized carbons (Fsp3) is 0.188. The first-order valence-electron chi connectivity index (χ1n) is 6.95. The van der Waals surface area contributed by atoms with Crippen LogP contribution in [-0.2, 0) is 21.2 Å². The normalized spacial score (nSPS) is 12.6. The largest absolute Gasteiger partial charge is 0.480 e. The van der Waals surface area contributed by atoms with Gasteiger partial charge < -0.3 is 10.8 Å². The van der Waals surface area contributed by atoms with Crippen LogP contribution in [0.1, 0.15) is 11.1 Å². The monoisotopic (exact) mass is 334 g/mol. The highest BCUT2D eigenvalue weighted by atomic mass is 32.2. The second-order valence-electron chi connectivity index (χ2n) is 5.21. The van der Waals surface area contributed by atoms with Crippen molar-refractivity contribution < 1.29 is 18.3 Å². The standard InChI is InChI=1S/C16H18N2O4S/c1-11-7-8-14(9-12(11)10-15(17)16(19)20)23(21,22)18-13-5-3-2-4-6-13/h2-9,15,18H,10,17H2,1H3,(H,19,20)/t15-/m0/s1. The van der Waals surface area contributed by atoms with Crippen LogP contribution in [0.4, 0.5) is 5.69 Å². The van der Waals surface area contributed by atoms with Gasteiger partial charge in [-0.1, -0.05) is 24.3 Å². The van der Waals surface area contributed by atoms with Gasteiger partial charge in [0.1, 0.15) is 6.04 Å². The third-order valence-corrected chi connectivity index (χ3v) is 4.79. The summed E-state index contributed by atoms with van der Waals surface area (Å²) in [7, 11) is -3.75. The lowest BCUT2D eigenvalue weighted by atomic mass is 10.0. The number of rotatable bonds is 6. The smallest absolute Gasteiger partial charge is 0.320 e. The van der Waals surface area contributed by atoms with Crippen LogP contribution < -0.4 is 10.5 Å². The van der Waals surface area contributed by atoms with E-state index in [9.17, 15) is 13.2 Å². The summed E-state index contributed by atoms with van der Waals surface area (Å²) in [4.78, 5) is 11.0. The van der Waals surface area contributed by atoms with Crippen LogP contribution in [0, 0.1) is 6.92 Å². The molecule has 2 aromatic carbocycles. The van der Waals surface area contributed by atoms with Crippen molar-refractivity contribution in [2.45, 2.75) is 24.3 Å². The Morgan fingerprint density at radius 2 is 1.87 bits per heavy atom. The molecule has 7 heteroatoms. The number of para-hydroxylation sites is 1. The SMILES string of the molecule is Cc1ccc(S(=O)(=O)Nc2ccccc2)cc1C[C@H](N)C(=O)O. The van der Waals surface area contributed by atoms with Gasteiger partial charge in [-0.25, -0.2) is 8.42 Å². The Morgan fingerprint density at radius 3 is 2.48 bits per heavy atom. The van der Waals surface area contributed by atoms with Gasteiger partial charge in [-0.3, -0.25) is 9.52 Å². The first kappa shape index (κ1) is 17.0. The van der Waals surface area contributed by atoms with Gasteiger partial charge in [-0.15, -0.1) is 0 Å². The number of carboxylic acids is 1. The van der Waals surface area contributed by atoms with Crippen molar-refractivity contribution in [3.8, 4) is 0 Å². The first-order valence-corrected chi connectivity index (χ1v) is 8.44. The summed E-state index contributed by atoms with van der Waals surface area (Å²) in [5.74, 6) is -1.12. The van der Waals surface area contributed by atoms with Gasteiger partial charge >= 0.3 is 5.97 Å². The van der Waals surface area contributed by atoms with E-state index in [0.717, 1.165) is 5.56 Å². The zero-order valence-corrected chi connectivity index (χ0v) is 13.4. The molecule has 0 aromatic heterocycles. The third-order valence-electron chi connectivity index (χ3n) is 3.41. The molecule has 4 N–H and O–H groups in total. The summed E-state index contributed by atoms with van der Waals surface area (Å²) in [6.07, 6.45) is 0.0653. The molecular formula is C16H18N2O4S. The number of aryl methyl sites for hydroxylation is 1. The maximum atomic E-state index is 12.4. The molecule has 0 fully saturated rings. The maximum absolute atomic E-state index is 12.4. The van der Waals surface area contributed by atoms with Crippen LogP contribution in [0.5, 0.6) is 0 Å². The summed E-state index contributed by atoms with van der Waals surface area (Å²) in [6, 6.07) is 12.0. The number of aliphatic carboxylic acids is 1. The van der Waals surface area contributed by atoms with Crippen molar-refractivity contribution in [1.82, 2.24) is 0 Å². The number of hydrogen-bond acceptors (Lipinski definition) is 4. The number of nitrogens with two attached hydrogens (primary N) is 1. The molecule has 0 spiro atoms. The quantitative estimate of drug-likeness (QED) is 0.745. The molecule has 0 amide bonds. The van der Waals surface area contributed by atoms with Gasteiger partial charge in [0.25, 0.3) is 10.0 Å².